The van der Waals surface area contributed by atoms with Crippen LogP contribution in [0.2, 0.25) is 5.02 Å². The Morgan fingerprint density at radius 1 is 1.10 bits per heavy atom. The van der Waals surface area contributed by atoms with Gasteiger partial charge in [-0.2, -0.15) is 0 Å². The lowest BCUT2D eigenvalue weighted by Gasteiger charge is -2.15. The molecule has 0 amide bonds. The number of aliphatic hydroxyl groups is 1. The van der Waals surface area contributed by atoms with Gasteiger partial charge in [0, 0.05) is 6.61 Å². The zero-order valence-corrected chi connectivity index (χ0v) is 12.2. The van der Waals surface area contributed by atoms with Crippen molar-refractivity contribution in [3.05, 3.63) is 70.0 Å². The van der Waals surface area contributed by atoms with Gasteiger partial charge in [-0.1, -0.05) is 53.6 Å². The van der Waals surface area contributed by atoms with E-state index in [-0.39, 0.29) is 17.5 Å². The molecule has 0 heterocycles. The van der Waals surface area contributed by atoms with Crippen LogP contribution in [0.25, 0.3) is 0 Å². The minimum absolute atomic E-state index is 0.0389. The second-order valence-corrected chi connectivity index (χ2v) is 5.53. The van der Waals surface area contributed by atoms with Gasteiger partial charge < -0.3 is 5.11 Å². The second kappa shape index (κ2) is 6.87. The first-order valence-electron chi connectivity index (χ1n) is 6.69. The van der Waals surface area contributed by atoms with Gasteiger partial charge in [0.25, 0.3) is 0 Å². The van der Waals surface area contributed by atoms with Crippen LogP contribution in [0.1, 0.15) is 16.7 Å². The van der Waals surface area contributed by atoms with E-state index in [9.17, 15) is 9.50 Å². The Hall–Kier alpha value is -1.38. The average molecular weight is 293 g/mol. The highest BCUT2D eigenvalue weighted by molar-refractivity contribution is 6.31. The highest BCUT2D eigenvalue weighted by Gasteiger charge is 2.13. The van der Waals surface area contributed by atoms with E-state index in [4.69, 9.17) is 11.6 Å². The number of benzene rings is 2. The maximum Gasteiger partial charge on any atom is 0.142 e. The first kappa shape index (κ1) is 15.0. The molecule has 2 rings (SSSR count). The molecule has 2 aromatic carbocycles. The SMILES string of the molecule is Cc1ccc(CC(CO)Cc2cccc(F)c2Cl)cc1. The summed E-state index contributed by atoms with van der Waals surface area (Å²) in [6.07, 6.45) is 1.32. The molecule has 0 saturated carbocycles. The summed E-state index contributed by atoms with van der Waals surface area (Å²) in [7, 11) is 0. The fourth-order valence-corrected chi connectivity index (χ4v) is 2.48. The van der Waals surface area contributed by atoms with Crippen LogP contribution in [0, 0.1) is 18.7 Å². The lowest BCUT2D eigenvalue weighted by atomic mass is 9.93. The van der Waals surface area contributed by atoms with Gasteiger partial charge >= 0.3 is 0 Å². The van der Waals surface area contributed by atoms with Gasteiger partial charge in [0.1, 0.15) is 5.82 Å². The van der Waals surface area contributed by atoms with Crippen LogP contribution in [0.4, 0.5) is 4.39 Å². The lowest BCUT2D eigenvalue weighted by molar-refractivity contribution is 0.225. The fraction of sp³-hybridized carbons (Fsp3) is 0.294. The number of rotatable bonds is 5. The van der Waals surface area contributed by atoms with E-state index >= 15 is 0 Å². The van der Waals surface area contributed by atoms with Crippen molar-refractivity contribution in [3.8, 4) is 0 Å². The van der Waals surface area contributed by atoms with E-state index in [0.29, 0.717) is 6.42 Å². The Kier molecular flexibility index (Phi) is 5.16. The molecule has 0 aliphatic rings. The van der Waals surface area contributed by atoms with Gasteiger partial charge in [0.2, 0.25) is 0 Å². The van der Waals surface area contributed by atoms with Crippen molar-refractivity contribution in [1.82, 2.24) is 0 Å². The van der Waals surface area contributed by atoms with Gasteiger partial charge in [-0.15, -0.1) is 0 Å². The number of hydrogen-bond acceptors (Lipinski definition) is 1. The standard InChI is InChI=1S/C17H18ClFO/c1-12-5-7-13(8-6-12)9-14(11-20)10-15-3-2-4-16(19)17(15)18/h2-8,14,20H,9-11H2,1H3. The molecule has 0 aromatic heterocycles. The maximum atomic E-state index is 13.4. The van der Waals surface area contributed by atoms with E-state index < -0.39 is 5.82 Å². The highest BCUT2D eigenvalue weighted by Crippen LogP contribution is 2.24. The summed E-state index contributed by atoms with van der Waals surface area (Å²) in [6.45, 7) is 2.10. The molecule has 1 N–H and O–H groups in total. The van der Waals surface area contributed by atoms with Gasteiger partial charge in [0.05, 0.1) is 5.02 Å². The zero-order chi connectivity index (χ0) is 14.5. The summed E-state index contributed by atoms with van der Waals surface area (Å²) in [5.41, 5.74) is 3.13. The summed E-state index contributed by atoms with van der Waals surface area (Å²) in [5, 5.41) is 9.69. The van der Waals surface area contributed by atoms with Crippen molar-refractivity contribution in [2.24, 2.45) is 5.92 Å². The number of aryl methyl sites for hydroxylation is 1. The summed E-state index contributed by atoms with van der Waals surface area (Å²) in [6, 6.07) is 13.0. The van der Waals surface area contributed by atoms with Gasteiger partial charge in [-0.3, -0.25) is 0 Å². The van der Waals surface area contributed by atoms with Crippen LogP contribution in [0.15, 0.2) is 42.5 Å². The van der Waals surface area contributed by atoms with E-state index in [1.165, 1.54) is 17.2 Å². The maximum absolute atomic E-state index is 13.4. The predicted molar refractivity (Wildman–Crippen MR) is 80.6 cm³/mol. The molecule has 1 atom stereocenters. The Balaban J connectivity index is 2.09. The van der Waals surface area contributed by atoms with Gasteiger partial charge in [-0.25, -0.2) is 4.39 Å². The number of aliphatic hydroxyl groups excluding tert-OH is 1. The molecule has 3 heteroatoms. The Bertz CT molecular complexity index is 566. The van der Waals surface area contributed by atoms with Crippen LogP contribution in [0.3, 0.4) is 0 Å². The van der Waals surface area contributed by atoms with Crippen LogP contribution >= 0.6 is 11.6 Å². The third kappa shape index (κ3) is 3.81. The molecule has 1 unspecified atom stereocenters. The third-order valence-electron chi connectivity index (χ3n) is 3.44. The summed E-state index contributed by atoms with van der Waals surface area (Å²) in [4.78, 5) is 0. The van der Waals surface area contributed by atoms with Gasteiger partial charge in [-0.05, 0) is 42.9 Å². The zero-order valence-electron chi connectivity index (χ0n) is 11.4. The molecule has 20 heavy (non-hydrogen) atoms. The monoisotopic (exact) mass is 292 g/mol. The van der Waals surface area contributed by atoms with Crippen molar-refractivity contribution >= 4 is 11.6 Å². The quantitative estimate of drug-likeness (QED) is 0.876. The molecule has 106 valence electrons. The minimum Gasteiger partial charge on any atom is -0.396 e. The second-order valence-electron chi connectivity index (χ2n) is 5.16. The van der Waals surface area contributed by atoms with E-state index in [2.05, 4.69) is 24.3 Å². The fourth-order valence-electron chi connectivity index (χ4n) is 2.28. The molecular formula is C17H18ClFO. The van der Waals surface area contributed by atoms with Crippen molar-refractivity contribution in [1.29, 1.82) is 0 Å². The molecule has 0 aliphatic carbocycles. The van der Waals surface area contributed by atoms with Crippen LogP contribution < -0.4 is 0 Å². The van der Waals surface area contributed by atoms with Crippen molar-refractivity contribution < 1.29 is 9.50 Å². The highest BCUT2D eigenvalue weighted by atomic mass is 35.5. The molecular weight excluding hydrogens is 275 g/mol. The van der Waals surface area contributed by atoms with E-state index in [1.54, 1.807) is 6.07 Å². The predicted octanol–water partition coefficient (Wildman–Crippen LogP) is 4.18. The first-order valence-corrected chi connectivity index (χ1v) is 7.07. The van der Waals surface area contributed by atoms with Crippen LogP contribution in [0.5, 0.6) is 0 Å². The summed E-state index contributed by atoms with van der Waals surface area (Å²) in [5.74, 6) is -0.367. The minimum atomic E-state index is -0.406. The molecule has 1 nitrogen and oxygen atoms in total. The number of hydrogen-bond donors (Lipinski definition) is 1. The normalized spacial score (nSPS) is 12.4. The van der Waals surface area contributed by atoms with Crippen LogP contribution in [-0.2, 0) is 12.8 Å². The molecule has 0 aliphatic heterocycles. The largest absolute Gasteiger partial charge is 0.396 e. The lowest BCUT2D eigenvalue weighted by Crippen LogP contribution is -2.13. The van der Waals surface area contributed by atoms with Crippen molar-refractivity contribution in [2.45, 2.75) is 19.8 Å². The summed E-state index contributed by atoms with van der Waals surface area (Å²) >= 11 is 5.96. The molecule has 0 fully saturated rings. The third-order valence-corrected chi connectivity index (χ3v) is 3.87. The van der Waals surface area contributed by atoms with Crippen molar-refractivity contribution in [3.63, 3.8) is 0 Å². The van der Waals surface area contributed by atoms with Crippen LogP contribution in [-0.4, -0.2) is 11.7 Å². The molecule has 2 aromatic rings. The van der Waals surface area contributed by atoms with Crippen molar-refractivity contribution in [2.75, 3.05) is 6.61 Å². The molecule has 0 saturated heterocycles. The Morgan fingerprint density at radius 3 is 2.45 bits per heavy atom. The smallest absolute Gasteiger partial charge is 0.142 e. The molecule has 0 spiro atoms. The average Bonchev–Trinajstić information content (AvgIpc) is 2.45. The first-order chi connectivity index (χ1) is 9.60. The topological polar surface area (TPSA) is 20.2 Å². The van der Waals surface area contributed by atoms with Gasteiger partial charge in [0.15, 0.2) is 0 Å². The molecule has 0 bridgehead atoms. The molecule has 0 radical (unpaired) electrons. The van der Waals surface area contributed by atoms with E-state index in [0.717, 1.165) is 12.0 Å². The Labute approximate surface area is 124 Å². The Morgan fingerprint density at radius 2 is 1.80 bits per heavy atom. The van der Waals surface area contributed by atoms with E-state index in [1.807, 2.05) is 13.0 Å². The number of halogens is 2. The summed E-state index contributed by atoms with van der Waals surface area (Å²) < 4.78 is 13.4.